The van der Waals surface area contributed by atoms with Crippen LogP contribution in [0, 0.1) is 13.8 Å². The number of esters is 1. The van der Waals surface area contributed by atoms with Crippen LogP contribution in [-0.2, 0) is 19.6 Å². The molecule has 0 saturated heterocycles. The molecule has 0 aliphatic carbocycles. The van der Waals surface area contributed by atoms with Crippen LogP contribution in [0.4, 0.5) is 10.8 Å². The molecule has 0 aliphatic heterocycles. The number of sulfonamides is 1. The highest BCUT2D eigenvalue weighted by molar-refractivity contribution is 8.01. The number of methoxy groups -OCH3 is 1. The number of ether oxygens (including phenoxy) is 1. The molecule has 1 amide bonds. The van der Waals surface area contributed by atoms with E-state index in [1.165, 1.54) is 25.3 Å². The molecule has 33 heavy (non-hydrogen) atoms. The van der Waals surface area contributed by atoms with Gasteiger partial charge in [0.1, 0.15) is 4.90 Å². The summed E-state index contributed by atoms with van der Waals surface area (Å²) in [7, 11) is -2.78. The molecule has 1 aromatic heterocycles. The molecule has 1 heterocycles. The Hall–Kier alpha value is -2.67. The maximum atomic E-state index is 13.0. The van der Waals surface area contributed by atoms with Crippen molar-refractivity contribution in [3.63, 3.8) is 0 Å². The molecule has 3 rings (SSSR count). The Morgan fingerprint density at radius 1 is 1.18 bits per heavy atom. The van der Waals surface area contributed by atoms with Gasteiger partial charge in [0.15, 0.2) is 4.34 Å². The largest absolute Gasteiger partial charge is 0.468 e. The number of halogens is 1. The van der Waals surface area contributed by atoms with Crippen molar-refractivity contribution in [2.24, 2.45) is 0 Å². The first-order chi connectivity index (χ1) is 15.6. The molecule has 0 saturated carbocycles. The first kappa shape index (κ1) is 25.0. The highest BCUT2D eigenvalue weighted by Gasteiger charge is 2.22. The third kappa shape index (κ3) is 6.22. The average molecular weight is 527 g/mol. The van der Waals surface area contributed by atoms with Crippen molar-refractivity contribution in [3.05, 3.63) is 58.1 Å². The summed E-state index contributed by atoms with van der Waals surface area (Å²) >= 11 is 8.34. The van der Waals surface area contributed by atoms with Gasteiger partial charge < -0.3 is 4.74 Å². The molecule has 0 bridgehead atoms. The van der Waals surface area contributed by atoms with Crippen LogP contribution in [0.25, 0.3) is 0 Å². The van der Waals surface area contributed by atoms with Gasteiger partial charge in [-0.05, 0) is 49.2 Å². The molecule has 3 aromatic rings. The summed E-state index contributed by atoms with van der Waals surface area (Å²) in [5.74, 6) is -0.939. The van der Waals surface area contributed by atoms with E-state index in [1.54, 1.807) is 19.1 Å². The van der Waals surface area contributed by atoms with Crippen LogP contribution in [-0.4, -0.2) is 43.4 Å². The van der Waals surface area contributed by atoms with Crippen molar-refractivity contribution >= 4 is 67.4 Å². The number of nitrogens with zero attached hydrogens (tertiary/aromatic N) is 2. The van der Waals surface area contributed by atoms with Crippen LogP contribution in [0.1, 0.15) is 21.5 Å². The molecule has 0 spiro atoms. The molecule has 13 heteroatoms. The van der Waals surface area contributed by atoms with Gasteiger partial charge in [0.05, 0.1) is 23.6 Å². The van der Waals surface area contributed by atoms with Crippen LogP contribution >= 0.6 is 34.7 Å². The van der Waals surface area contributed by atoms with Crippen molar-refractivity contribution in [2.45, 2.75) is 23.1 Å². The lowest BCUT2D eigenvalue weighted by molar-refractivity contribution is -0.137. The van der Waals surface area contributed by atoms with Gasteiger partial charge in [-0.25, -0.2) is 8.42 Å². The number of amides is 1. The van der Waals surface area contributed by atoms with E-state index >= 15 is 0 Å². The number of thioether (sulfide) groups is 1. The fourth-order valence-electron chi connectivity index (χ4n) is 2.58. The second-order valence-corrected chi connectivity index (χ2v) is 10.9. The molecule has 0 fully saturated rings. The summed E-state index contributed by atoms with van der Waals surface area (Å²) in [5.41, 5.74) is 2.20. The summed E-state index contributed by atoms with van der Waals surface area (Å²) in [4.78, 5) is 23.7. The topological polar surface area (TPSA) is 127 Å². The van der Waals surface area contributed by atoms with E-state index in [4.69, 9.17) is 11.6 Å². The second-order valence-electron chi connectivity index (χ2n) is 6.69. The number of hydrogen-bond donors (Lipinski definition) is 2. The van der Waals surface area contributed by atoms with Crippen molar-refractivity contribution in [1.82, 2.24) is 10.2 Å². The predicted molar refractivity (Wildman–Crippen MR) is 129 cm³/mol. The number of carbonyl (C=O) groups is 2. The SMILES string of the molecule is COC(=O)CSc1nnc(NC(=O)c2ccc(Cl)c(S(=O)(=O)Nc3cccc(C)c3C)c2)s1. The number of aromatic nitrogens is 2. The number of rotatable bonds is 8. The van der Waals surface area contributed by atoms with Gasteiger partial charge in [0.2, 0.25) is 5.13 Å². The van der Waals surface area contributed by atoms with E-state index in [9.17, 15) is 18.0 Å². The zero-order chi connectivity index (χ0) is 24.2. The third-order valence-corrected chi connectivity index (χ3v) is 8.29. The van der Waals surface area contributed by atoms with Gasteiger partial charge in [0, 0.05) is 5.56 Å². The zero-order valence-corrected chi connectivity index (χ0v) is 20.9. The Morgan fingerprint density at radius 2 is 1.94 bits per heavy atom. The van der Waals surface area contributed by atoms with Crippen molar-refractivity contribution in [1.29, 1.82) is 0 Å². The molecule has 0 radical (unpaired) electrons. The Kier molecular flexibility index (Phi) is 7.95. The Balaban J connectivity index is 1.78. The lowest BCUT2D eigenvalue weighted by atomic mass is 10.1. The van der Waals surface area contributed by atoms with E-state index in [-0.39, 0.29) is 26.4 Å². The Morgan fingerprint density at radius 3 is 2.67 bits per heavy atom. The van der Waals surface area contributed by atoms with Crippen molar-refractivity contribution in [2.75, 3.05) is 22.9 Å². The molecule has 0 unspecified atom stereocenters. The molecular weight excluding hydrogens is 508 g/mol. The first-order valence-corrected chi connectivity index (χ1v) is 13.0. The highest BCUT2D eigenvalue weighted by atomic mass is 35.5. The maximum absolute atomic E-state index is 13.0. The number of carbonyl (C=O) groups excluding carboxylic acids is 2. The number of anilines is 2. The normalized spacial score (nSPS) is 11.2. The van der Waals surface area contributed by atoms with Gasteiger partial charge >= 0.3 is 5.97 Å². The molecule has 9 nitrogen and oxygen atoms in total. The number of nitrogens with one attached hydrogen (secondary N) is 2. The average Bonchev–Trinajstić information content (AvgIpc) is 3.22. The van der Waals surface area contributed by atoms with Crippen molar-refractivity contribution < 1.29 is 22.7 Å². The minimum Gasteiger partial charge on any atom is -0.468 e. The lowest BCUT2D eigenvalue weighted by Gasteiger charge is -2.13. The third-order valence-electron chi connectivity index (χ3n) is 4.50. The lowest BCUT2D eigenvalue weighted by Crippen LogP contribution is -2.17. The summed E-state index contributed by atoms with van der Waals surface area (Å²) in [6.45, 7) is 3.68. The number of benzene rings is 2. The fraction of sp³-hybridized carbons (Fsp3) is 0.200. The van der Waals surface area contributed by atoms with Crippen LogP contribution in [0.3, 0.4) is 0 Å². The number of hydrogen-bond acceptors (Lipinski definition) is 9. The smallest absolute Gasteiger partial charge is 0.316 e. The zero-order valence-electron chi connectivity index (χ0n) is 17.7. The van der Waals surface area contributed by atoms with Gasteiger partial charge in [-0.1, -0.05) is 46.8 Å². The van der Waals surface area contributed by atoms with Gasteiger partial charge in [-0.3, -0.25) is 19.6 Å². The summed E-state index contributed by atoms with van der Waals surface area (Å²) in [6, 6.07) is 9.20. The highest BCUT2D eigenvalue weighted by Crippen LogP contribution is 2.29. The molecular formula is C20H19ClN4O5S3. The van der Waals surface area contributed by atoms with E-state index in [2.05, 4.69) is 25.0 Å². The Labute approximate surface area is 204 Å². The fourth-order valence-corrected chi connectivity index (χ4v) is 5.81. The predicted octanol–water partition coefficient (Wildman–Crippen LogP) is 4.13. The van der Waals surface area contributed by atoms with Crippen LogP contribution in [0.5, 0.6) is 0 Å². The molecule has 0 aliphatic rings. The van der Waals surface area contributed by atoms with Crippen molar-refractivity contribution in [3.8, 4) is 0 Å². The van der Waals surface area contributed by atoms with Crippen LogP contribution in [0.15, 0.2) is 45.6 Å². The molecule has 2 N–H and O–H groups in total. The quantitative estimate of drug-likeness (QED) is 0.255. The minimum atomic E-state index is -4.06. The Bertz CT molecular complexity index is 1310. The maximum Gasteiger partial charge on any atom is 0.316 e. The minimum absolute atomic E-state index is 0.0261. The van der Waals surface area contributed by atoms with Gasteiger partial charge in [-0.2, -0.15) is 0 Å². The van der Waals surface area contributed by atoms with Gasteiger partial charge in [0.25, 0.3) is 15.9 Å². The summed E-state index contributed by atoms with van der Waals surface area (Å²) < 4.78 is 33.5. The van der Waals surface area contributed by atoms with Gasteiger partial charge in [-0.15, -0.1) is 10.2 Å². The first-order valence-electron chi connectivity index (χ1n) is 9.34. The van der Waals surface area contributed by atoms with Crippen LogP contribution in [0.2, 0.25) is 5.02 Å². The van der Waals surface area contributed by atoms with E-state index in [0.717, 1.165) is 34.2 Å². The standard InChI is InChI=1S/C20H19ClN4O5S3/c1-11-5-4-6-15(12(11)2)25-33(28,29)16-9-13(7-8-14(16)21)18(27)22-19-23-24-20(32-19)31-10-17(26)30-3/h4-9,25H,10H2,1-3H3,(H,22,23,27). The van der Waals surface area contributed by atoms with E-state index < -0.39 is 21.9 Å². The summed E-state index contributed by atoms with van der Waals surface area (Å²) in [5, 5.41) is 10.5. The monoisotopic (exact) mass is 526 g/mol. The second kappa shape index (κ2) is 10.5. The van der Waals surface area contributed by atoms with Crippen LogP contribution < -0.4 is 10.0 Å². The molecule has 174 valence electrons. The molecule has 0 atom stereocenters. The molecule has 2 aromatic carbocycles. The number of aryl methyl sites for hydroxylation is 1. The summed E-state index contributed by atoms with van der Waals surface area (Å²) in [6.07, 6.45) is 0. The van der Waals surface area contributed by atoms with E-state index in [1.807, 2.05) is 13.0 Å². The van der Waals surface area contributed by atoms with E-state index in [0.29, 0.717) is 10.0 Å².